The van der Waals surface area contributed by atoms with E-state index in [-0.39, 0.29) is 20.1 Å². The number of benzene rings is 4. The van der Waals surface area contributed by atoms with Gasteiger partial charge in [-0.1, -0.05) is 84.4 Å². The first-order chi connectivity index (χ1) is 15.9. The zero-order chi connectivity index (χ0) is 21.3. The molecule has 0 fully saturated rings. The predicted octanol–water partition coefficient (Wildman–Crippen LogP) is 6.68. The molecule has 0 atom stereocenters. The van der Waals surface area contributed by atoms with Gasteiger partial charge >= 0.3 is 0 Å². The van der Waals surface area contributed by atoms with Crippen molar-refractivity contribution >= 4 is 21.6 Å². The average Bonchev–Trinajstić information content (AvgIpc) is 3.54. The maximum atomic E-state index is 4.58. The van der Waals surface area contributed by atoms with Gasteiger partial charge in [0.05, 0.1) is 17.0 Å². The van der Waals surface area contributed by atoms with Gasteiger partial charge in [-0.15, -0.1) is 34.6 Å². The summed E-state index contributed by atoms with van der Waals surface area (Å²) in [6.07, 6.45) is 1.78. The molecule has 1 radical (unpaired) electrons. The summed E-state index contributed by atoms with van der Waals surface area (Å²) in [5, 5.41) is 8.81. The molecule has 0 N–H and O–H groups in total. The molecule has 4 nitrogen and oxygen atoms in total. The molecule has 161 valence electrons. The molecule has 0 aliphatic heterocycles. The maximum Gasteiger partial charge on any atom is 0.115 e. The average molecular weight is 622 g/mol. The Morgan fingerprint density at radius 2 is 1.42 bits per heavy atom. The molecule has 0 spiro atoms. The van der Waals surface area contributed by atoms with Gasteiger partial charge in [0.25, 0.3) is 0 Å². The SMILES string of the molecule is [Ir].[c-]1ccc2scnc2c1-c1nncn1-c1c(-c2ccccc2)cccc1-c1ccccc1. The number of fused-ring (bicyclic) bond motifs is 1. The summed E-state index contributed by atoms with van der Waals surface area (Å²) in [5.41, 5.74) is 9.12. The van der Waals surface area contributed by atoms with Gasteiger partial charge in [-0.05, 0) is 15.8 Å². The summed E-state index contributed by atoms with van der Waals surface area (Å²) in [4.78, 5) is 4.58. The quantitative estimate of drug-likeness (QED) is 0.207. The van der Waals surface area contributed by atoms with E-state index in [0.717, 1.165) is 49.5 Å². The standard InChI is InChI=1S/C27H17N4S.Ir/c1-3-9-19(10-4-1)21-13-7-14-22(20-11-5-2-6-12-20)26(21)31-17-29-30-27(31)23-15-8-16-24-25(23)28-18-32-24;/h1-14,16-18H;/q-1;. The number of hydrogen-bond donors (Lipinski definition) is 0. The van der Waals surface area contributed by atoms with E-state index in [0.29, 0.717) is 0 Å². The van der Waals surface area contributed by atoms with Crippen molar-refractivity contribution in [2.75, 3.05) is 0 Å². The normalized spacial score (nSPS) is 10.8. The first kappa shape index (κ1) is 21.4. The van der Waals surface area contributed by atoms with Gasteiger partial charge in [-0.2, -0.15) is 5.10 Å². The van der Waals surface area contributed by atoms with Gasteiger partial charge in [0.1, 0.15) is 6.33 Å². The van der Waals surface area contributed by atoms with E-state index < -0.39 is 0 Å². The van der Waals surface area contributed by atoms with Crippen LogP contribution in [0.15, 0.2) is 103 Å². The maximum absolute atomic E-state index is 4.58. The number of aromatic nitrogens is 4. The fourth-order valence-electron chi connectivity index (χ4n) is 4.07. The van der Waals surface area contributed by atoms with Crippen LogP contribution in [0.25, 0.3) is 49.5 Å². The Bertz CT molecular complexity index is 1470. The van der Waals surface area contributed by atoms with E-state index in [1.807, 2.05) is 29.8 Å². The van der Waals surface area contributed by atoms with Gasteiger partial charge < -0.3 is 4.57 Å². The van der Waals surface area contributed by atoms with Crippen LogP contribution in [-0.2, 0) is 20.1 Å². The van der Waals surface area contributed by atoms with Crippen LogP contribution >= 0.6 is 11.3 Å². The fourth-order valence-corrected chi connectivity index (χ4v) is 4.76. The van der Waals surface area contributed by atoms with Gasteiger partial charge in [-0.25, -0.2) is 0 Å². The minimum atomic E-state index is 0. The molecule has 0 amide bonds. The number of hydrogen-bond acceptors (Lipinski definition) is 4. The topological polar surface area (TPSA) is 43.6 Å². The van der Waals surface area contributed by atoms with Crippen LogP contribution < -0.4 is 0 Å². The van der Waals surface area contributed by atoms with Gasteiger partial charge in [0, 0.05) is 36.7 Å². The van der Waals surface area contributed by atoms with E-state index in [4.69, 9.17) is 0 Å². The molecule has 0 saturated heterocycles. The third-order valence-electron chi connectivity index (χ3n) is 5.51. The van der Waals surface area contributed by atoms with E-state index in [1.165, 1.54) is 0 Å². The first-order valence-electron chi connectivity index (χ1n) is 10.3. The predicted molar refractivity (Wildman–Crippen MR) is 130 cm³/mol. The second-order valence-electron chi connectivity index (χ2n) is 7.38. The minimum absolute atomic E-state index is 0. The second-order valence-corrected chi connectivity index (χ2v) is 8.26. The second kappa shape index (κ2) is 9.20. The Kier molecular flexibility index (Phi) is 5.97. The van der Waals surface area contributed by atoms with Crippen molar-refractivity contribution in [3.63, 3.8) is 0 Å². The van der Waals surface area contributed by atoms with Crippen LogP contribution in [-0.4, -0.2) is 19.7 Å². The molecule has 6 rings (SSSR count). The summed E-state index contributed by atoms with van der Waals surface area (Å²) in [6, 6.07) is 34.5. The van der Waals surface area contributed by atoms with E-state index in [1.54, 1.807) is 17.7 Å². The molecular formula is C27H17IrN4S-. The van der Waals surface area contributed by atoms with Crippen LogP contribution in [0.4, 0.5) is 0 Å². The van der Waals surface area contributed by atoms with Crippen LogP contribution in [0, 0.1) is 6.07 Å². The fraction of sp³-hybridized carbons (Fsp3) is 0. The van der Waals surface area contributed by atoms with E-state index in [9.17, 15) is 0 Å². The molecule has 6 heteroatoms. The van der Waals surface area contributed by atoms with Crippen molar-refractivity contribution in [1.29, 1.82) is 0 Å². The zero-order valence-corrected chi connectivity index (χ0v) is 20.6. The molecule has 2 aromatic heterocycles. The summed E-state index contributed by atoms with van der Waals surface area (Å²) in [7, 11) is 0. The van der Waals surface area contributed by atoms with Crippen LogP contribution in [0.2, 0.25) is 0 Å². The Balaban J connectivity index is 0.00000228. The molecule has 0 bridgehead atoms. The van der Waals surface area contributed by atoms with Crippen molar-refractivity contribution in [1.82, 2.24) is 19.7 Å². The van der Waals surface area contributed by atoms with Crippen LogP contribution in [0.1, 0.15) is 0 Å². The smallest absolute Gasteiger partial charge is 0.115 e. The third kappa shape index (κ3) is 3.83. The minimum Gasteiger partial charge on any atom is -0.321 e. The zero-order valence-electron chi connectivity index (χ0n) is 17.3. The molecule has 6 aromatic rings. The number of nitrogens with zero attached hydrogens (tertiary/aromatic N) is 4. The number of thiazole rings is 1. The molecule has 0 aliphatic carbocycles. The van der Waals surface area contributed by atoms with Gasteiger partial charge in [0.15, 0.2) is 0 Å². The summed E-state index contributed by atoms with van der Waals surface area (Å²) in [5.74, 6) is 0.724. The Labute approximate surface area is 209 Å². The Hall–Kier alpha value is -3.44. The summed E-state index contributed by atoms with van der Waals surface area (Å²) in [6.45, 7) is 0. The van der Waals surface area contributed by atoms with Crippen molar-refractivity contribution in [3.8, 4) is 39.3 Å². The van der Waals surface area contributed by atoms with Crippen LogP contribution in [0.3, 0.4) is 0 Å². The van der Waals surface area contributed by atoms with Gasteiger partial charge in [-0.3, -0.25) is 4.98 Å². The van der Waals surface area contributed by atoms with Crippen LogP contribution in [0.5, 0.6) is 0 Å². The van der Waals surface area contributed by atoms with Crippen molar-refractivity contribution in [2.45, 2.75) is 0 Å². The van der Waals surface area contributed by atoms with Crippen molar-refractivity contribution in [3.05, 3.63) is 109 Å². The monoisotopic (exact) mass is 622 g/mol. The first-order valence-corrected chi connectivity index (χ1v) is 11.2. The Morgan fingerprint density at radius 1 is 0.758 bits per heavy atom. The molecular weight excluding hydrogens is 605 g/mol. The molecule has 4 aromatic carbocycles. The van der Waals surface area contributed by atoms with E-state index in [2.05, 4.69) is 92.5 Å². The Morgan fingerprint density at radius 3 is 2.09 bits per heavy atom. The van der Waals surface area contributed by atoms with Crippen molar-refractivity contribution < 1.29 is 20.1 Å². The number of rotatable bonds is 4. The third-order valence-corrected chi connectivity index (χ3v) is 6.31. The summed E-state index contributed by atoms with van der Waals surface area (Å²) < 4.78 is 3.17. The molecule has 0 aliphatic rings. The molecule has 0 unspecified atom stereocenters. The van der Waals surface area contributed by atoms with Crippen molar-refractivity contribution in [2.24, 2.45) is 0 Å². The summed E-state index contributed by atoms with van der Waals surface area (Å²) >= 11 is 1.61. The van der Waals surface area contributed by atoms with Gasteiger partial charge in [0.2, 0.25) is 0 Å². The largest absolute Gasteiger partial charge is 0.321 e. The number of para-hydroxylation sites is 1. The molecule has 0 saturated carbocycles. The molecule has 2 heterocycles. The molecule has 33 heavy (non-hydrogen) atoms. The van der Waals surface area contributed by atoms with E-state index >= 15 is 0 Å².